The second-order valence-electron chi connectivity index (χ2n) is 5.27. The fourth-order valence-corrected chi connectivity index (χ4v) is 2.64. The van der Waals surface area contributed by atoms with Crippen LogP contribution in [-0.4, -0.2) is 11.5 Å². The number of benzene rings is 1. The van der Waals surface area contributed by atoms with Crippen molar-refractivity contribution < 1.29 is 0 Å². The summed E-state index contributed by atoms with van der Waals surface area (Å²) in [6, 6.07) is 6.47. The first-order valence-electron chi connectivity index (χ1n) is 6.88. The van der Waals surface area contributed by atoms with Crippen molar-refractivity contribution in [1.29, 1.82) is 0 Å². The number of hydrogen-bond donors (Lipinski definition) is 1. The molecule has 0 radical (unpaired) electrons. The van der Waals surface area contributed by atoms with Crippen LogP contribution in [0.3, 0.4) is 0 Å². The summed E-state index contributed by atoms with van der Waals surface area (Å²) in [6.07, 6.45) is 1.11. The predicted octanol–water partition coefficient (Wildman–Crippen LogP) is 5.25. The zero-order valence-corrected chi connectivity index (χ0v) is 13.6. The number of nitrogens with zero attached hydrogens (tertiary/aromatic N) is 1. The third kappa shape index (κ3) is 2.92. The van der Waals surface area contributed by atoms with E-state index in [-0.39, 0.29) is 0 Å². The van der Waals surface area contributed by atoms with Gasteiger partial charge in [-0.25, -0.2) is 4.98 Å². The normalized spacial score (nSPS) is 11.3. The molecule has 102 valence electrons. The van der Waals surface area contributed by atoms with Crippen molar-refractivity contribution in [2.45, 2.75) is 40.0 Å². The molecule has 19 heavy (non-hydrogen) atoms. The summed E-state index contributed by atoms with van der Waals surface area (Å²) in [7, 11) is 0. The molecule has 0 fully saturated rings. The Labute approximate surface area is 123 Å². The molecule has 0 aliphatic heterocycles. The van der Waals surface area contributed by atoms with E-state index in [9.17, 15) is 0 Å². The lowest BCUT2D eigenvalue weighted by Crippen LogP contribution is -2.07. The fourth-order valence-electron chi connectivity index (χ4n) is 2.20. The number of pyridine rings is 1. The number of anilines is 1. The highest BCUT2D eigenvalue weighted by molar-refractivity contribution is 9.10. The highest BCUT2D eigenvalue weighted by atomic mass is 79.9. The smallest absolute Gasteiger partial charge is 0.130 e. The average Bonchev–Trinajstić information content (AvgIpc) is 2.39. The van der Waals surface area contributed by atoms with E-state index < -0.39 is 0 Å². The minimum absolute atomic E-state index is 0.462. The molecule has 2 rings (SSSR count). The molecule has 2 nitrogen and oxygen atoms in total. The Morgan fingerprint density at radius 1 is 1.32 bits per heavy atom. The zero-order chi connectivity index (χ0) is 14.0. The van der Waals surface area contributed by atoms with Crippen LogP contribution < -0.4 is 5.32 Å². The number of aromatic nitrogens is 1. The van der Waals surface area contributed by atoms with Crippen LogP contribution in [0.2, 0.25) is 0 Å². The number of halogens is 1. The molecule has 0 amide bonds. The lowest BCUT2D eigenvalue weighted by atomic mass is 10.0. The predicted molar refractivity (Wildman–Crippen MR) is 87.0 cm³/mol. The Balaban J connectivity index is 2.65. The molecule has 0 aliphatic carbocycles. The van der Waals surface area contributed by atoms with Gasteiger partial charge in [0.05, 0.1) is 5.52 Å². The second-order valence-corrected chi connectivity index (χ2v) is 6.12. The van der Waals surface area contributed by atoms with E-state index in [2.05, 4.69) is 67.1 Å². The van der Waals surface area contributed by atoms with E-state index in [1.54, 1.807) is 0 Å². The van der Waals surface area contributed by atoms with Crippen LogP contribution in [0.15, 0.2) is 22.7 Å². The Morgan fingerprint density at radius 2 is 2.05 bits per heavy atom. The van der Waals surface area contributed by atoms with E-state index in [1.165, 1.54) is 16.5 Å². The summed E-state index contributed by atoms with van der Waals surface area (Å²) in [5, 5.41) is 4.66. The standard InChI is InChI=1S/C16H21BrN2/c1-5-8-18-16-12(10(2)3)9-13-14(17)7-6-11(4)15(13)19-16/h6-7,9-10H,5,8H2,1-4H3,(H,18,19). The maximum Gasteiger partial charge on any atom is 0.130 e. The molecular weight excluding hydrogens is 300 g/mol. The van der Waals surface area contributed by atoms with Gasteiger partial charge >= 0.3 is 0 Å². The lowest BCUT2D eigenvalue weighted by Gasteiger charge is -2.16. The maximum atomic E-state index is 4.85. The van der Waals surface area contributed by atoms with Crippen LogP contribution in [0.1, 0.15) is 44.2 Å². The van der Waals surface area contributed by atoms with Crippen LogP contribution in [0.5, 0.6) is 0 Å². The van der Waals surface area contributed by atoms with Gasteiger partial charge in [-0.3, -0.25) is 0 Å². The first-order valence-corrected chi connectivity index (χ1v) is 7.67. The zero-order valence-electron chi connectivity index (χ0n) is 12.0. The number of rotatable bonds is 4. The van der Waals surface area contributed by atoms with E-state index in [0.717, 1.165) is 28.8 Å². The first kappa shape index (κ1) is 14.3. The highest BCUT2D eigenvalue weighted by Gasteiger charge is 2.12. The van der Waals surface area contributed by atoms with Crippen molar-refractivity contribution in [3.63, 3.8) is 0 Å². The van der Waals surface area contributed by atoms with Crippen molar-refractivity contribution in [3.8, 4) is 0 Å². The van der Waals surface area contributed by atoms with Crippen molar-refractivity contribution >= 4 is 32.7 Å². The first-order chi connectivity index (χ1) is 9.04. The number of aryl methyl sites for hydroxylation is 1. The van der Waals surface area contributed by atoms with Crippen molar-refractivity contribution in [2.24, 2.45) is 0 Å². The molecule has 0 atom stereocenters. The van der Waals surface area contributed by atoms with Crippen LogP contribution in [0, 0.1) is 6.92 Å². The molecule has 0 saturated carbocycles. The molecule has 2 aromatic rings. The summed E-state index contributed by atoms with van der Waals surface area (Å²) in [6.45, 7) is 9.67. The Morgan fingerprint density at radius 3 is 2.68 bits per heavy atom. The maximum absolute atomic E-state index is 4.85. The van der Waals surface area contributed by atoms with E-state index in [4.69, 9.17) is 4.98 Å². The van der Waals surface area contributed by atoms with Gasteiger partial charge in [0.25, 0.3) is 0 Å². The molecule has 0 bridgehead atoms. The Bertz CT molecular complexity index is 591. The lowest BCUT2D eigenvalue weighted by molar-refractivity contribution is 0.856. The molecule has 0 aliphatic rings. The topological polar surface area (TPSA) is 24.9 Å². The van der Waals surface area contributed by atoms with Gasteiger partial charge in [0, 0.05) is 16.4 Å². The van der Waals surface area contributed by atoms with Crippen LogP contribution in [0.25, 0.3) is 10.9 Å². The molecule has 1 aromatic carbocycles. The van der Waals surface area contributed by atoms with Gasteiger partial charge in [-0.15, -0.1) is 0 Å². The fraction of sp³-hybridized carbons (Fsp3) is 0.438. The Kier molecular flexibility index (Phi) is 4.46. The molecule has 1 aromatic heterocycles. The van der Waals surface area contributed by atoms with Crippen LogP contribution in [0.4, 0.5) is 5.82 Å². The summed E-state index contributed by atoms with van der Waals surface area (Å²) in [4.78, 5) is 4.85. The molecule has 1 heterocycles. The molecule has 0 spiro atoms. The quantitative estimate of drug-likeness (QED) is 0.832. The molecular formula is C16H21BrN2. The van der Waals surface area contributed by atoms with Gasteiger partial charge in [0.1, 0.15) is 5.82 Å². The average molecular weight is 321 g/mol. The second kappa shape index (κ2) is 5.91. The minimum Gasteiger partial charge on any atom is -0.370 e. The van der Waals surface area contributed by atoms with E-state index in [0.29, 0.717) is 5.92 Å². The van der Waals surface area contributed by atoms with Gasteiger partial charge in [0.15, 0.2) is 0 Å². The number of nitrogens with one attached hydrogen (secondary N) is 1. The summed E-state index contributed by atoms with van der Waals surface area (Å²) in [5.41, 5.74) is 3.58. The van der Waals surface area contributed by atoms with Crippen molar-refractivity contribution in [3.05, 3.63) is 33.8 Å². The van der Waals surface area contributed by atoms with Crippen molar-refractivity contribution in [1.82, 2.24) is 4.98 Å². The summed E-state index contributed by atoms with van der Waals surface area (Å²) >= 11 is 3.63. The monoisotopic (exact) mass is 320 g/mol. The minimum atomic E-state index is 0.462. The van der Waals surface area contributed by atoms with Crippen molar-refractivity contribution in [2.75, 3.05) is 11.9 Å². The SMILES string of the molecule is CCCNc1nc2c(C)ccc(Br)c2cc1C(C)C. The van der Waals surface area contributed by atoms with Gasteiger partial charge in [0.2, 0.25) is 0 Å². The van der Waals surface area contributed by atoms with E-state index in [1.807, 2.05) is 0 Å². The molecule has 0 unspecified atom stereocenters. The number of hydrogen-bond acceptors (Lipinski definition) is 2. The molecule has 1 N–H and O–H groups in total. The molecule has 3 heteroatoms. The van der Waals surface area contributed by atoms with Crippen LogP contribution >= 0.6 is 15.9 Å². The molecule has 0 saturated heterocycles. The Hall–Kier alpha value is -1.09. The summed E-state index contributed by atoms with van der Waals surface area (Å²) in [5.74, 6) is 1.49. The van der Waals surface area contributed by atoms with Crippen LogP contribution in [-0.2, 0) is 0 Å². The summed E-state index contributed by atoms with van der Waals surface area (Å²) < 4.78 is 1.12. The van der Waals surface area contributed by atoms with E-state index >= 15 is 0 Å². The van der Waals surface area contributed by atoms with Gasteiger partial charge in [-0.1, -0.05) is 42.8 Å². The van der Waals surface area contributed by atoms with Gasteiger partial charge in [-0.2, -0.15) is 0 Å². The van der Waals surface area contributed by atoms with Gasteiger partial charge in [-0.05, 0) is 42.5 Å². The van der Waals surface area contributed by atoms with Gasteiger partial charge < -0.3 is 5.32 Å². The third-order valence-electron chi connectivity index (χ3n) is 3.33. The largest absolute Gasteiger partial charge is 0.370 e. The number of fused-ring (bicyclic) bond motifs is 1. The highest BCUT2D eigenvalue weighted by Crippen LogP contribution is 2.32. The third-order valence-corrected chi connectivity index (χ3v) is 4.02.